The summed E-state index contributed by atoms with van der Waals surface area (Å²) in [5.41, 5.74) is 0.982. The third kappa shape index (κ3) is 4.64. The van der Waals surface area contributed by atoms with E-state index in [4.69, 9.17) is 4.74 Å². The molecule has 25 heavy (non-hydrogen) atoms. The number of benzene rings is 1. The number of methoxy groups -OCH3 is 1. The van der Waals surface area contributed by atoms with Crippen LogP contribution < -0.4 is 4.74 Å². The standard InChI is InChI=1S/C17H21F3N2O3/c1-21(11-9-12-5-7-13(25-2)8-6-12)15(23)14-4-3-10-22(14)16(24)17(18,19)20/h5-8,14H,3-4,9-11H2,1-2H3. The molecular formula is C17H21F3N2O3. The van der Waals surface area contributed by atoms with Crippen LogP contribution in [0.3, 0.4) is 0 Å². The third-order valence-corrected chi connectivity index (χ3v) is 4.31. The molecule has 1 saturated heterocycles. The number of likely N-dealkylation sites (N-methyl/N-ethyl adjacent to an activating group) is 1. The Bertz CT molecular complexity index is 617. The van der Waals surface area contributed by atoms with E-state index in [0.717, 1.165) is 11.3 Å². The monoisotopic (exact) mass is 358 g/mol. The first kappa shape index (κ1) is 19.1. The van der Waals surface area contributed by atoms with Gasteiger partial charge in [0.1, 0.15) is 11.8 Å². The smallest absolute Gasteiger partial charge is 0.471 e. The van der Waals surface area contributed by atoms with Gasteiger partial charge < -0.3 is 14.5 Å². The topological polar surface area (TPSA) is 49.9 Å². The van der Waals surface area contributed by atoms with Crippen LogP contribution in [0.5, 0.6) is 5.75 Å². The van der Waals surface area contributed by atoms with E-state index in [1.54, 1.807) is 26.3 Å². The highest BCUT2D eigenvalue weighted by atomic mass is 19.4. The minimum atomic E-state index is -4.95. The number of rotatable bonds is 5. The summed E-state index contributed by atoms with van der Waals surface area (Å²) in [6, 6.07) is 6.31. The molecule has 1 atom stereocenters. The first-order valence-electron chi connectivity index (χ1n) is 7.99. The number of amides is 2. The Kier molecular flexibility index (Phi) is 5.92. The van der Waals surface area contributed by atoms with Crippen molar-refractivity contribution < 1.29 is 27.5 Å². The van der Waals surface area contributed by atoms with Crippen LogP contribution in [0.2, 0.25) is 0 Å². The molecule has 1 unspecified atom stereocenters. The van der Waals surface area contributed by atoms with Gasteiger partial charge in [-0.15, -0.1) is 0 Å². The van der Waals surface area contributed by atoms with E-state index in [0.29, 0.717) is 24.3 Å². The summed E-state index contributed by atoms with van der Waals surface area (Å²) in [5, 5.41) is 0. The van der Waals surface area contributed by atoms with Crippen molar-refractivity contribution in [3.63, 3.8) is 0 Å². The zero-order valence-electron chi connectivity index (χ0n) is 14.2. The van der Waals surface area contributed by atoms with Gasteiger partial charge in [-0.1, -0.05) is 12.1 Å². The van der Waals surface area contributed by atoms with Crippen molar-refractivity contribution in [2.75, 3.05) is 27.2 Å². The van der Waals surface area contributed by atoms with Gasteiger partial charge in [0.05, 0.1) is 7.11 Å². The summed E-state index contributed by atoms with van der Waals surface area (Å²) in [6.07, 6.45) is -3.74. The highest BCUT2D eigenvalue weighted by Gasteiger charge is 2.48. The van der Waals surface area contributed by atoms with Crippen molar-refractivity contribution in [3.05, 3.63) is 29.8 Å². The van der Waals surface area contributed by atoms with Gasteiger partial charge in [0.25, 0.3) is 0 Å². The number of carbonyl (C=O) groups is 2. The fourth-order valence-corrected chi connectivity index (χ4v) is 2.88. The van der Waals surface area contributed by atoms with Crippen molar-refractivity contribution in [2.45, 2.75) is 31.5 Å². The molecule has 0 radical (unpaired) electrons. The van der Waals surface area contributed by atoms with Crippen LogP contribution in [0.4, 0.5) is 13.2 Å². The van der Waals surface area contributed by atoms with Crippen LogP contribution in [-0.4, -0.2) is 61.1 Å². The molecule has 1 heterocycles. The predicted octanol–water partition coefficient (Wildman–Crippen LogP) is 2.25. The van der Waals surface area contributed by atoms with Crippen LogP contribution in [0.25, 0.3) is 0 Å². The van der Waals surface area contributed by atoms with E-state index in [-0.39, 0.29) is 13.0 Å². The lowest BCUT2D eigenvalue weighted by Gasteiger charge is -2.28. The fourth-order valence-electron chi connectivity index (χ4n) is 2.88. The summed E-state index contributed by atoms with van der Waals surface area (Å²) in [4.78, 5) is 25.9. The van der Waals surface area contributed by atoms with E-state index in [1.807, 2.05) is 12.1 Å². The number of nitrogens with zero attached hydrogens (tertiary/aromatic N) is 2. The minimum absolute atomic E-state index is 0.0406. The lowest BCUT2D eigenvalue weighted by molar-refractivity contribution is -0.187. The number of alkyl halides is 3. The molecule has 0 spiro atoms. The third-order valence-electron chi connectivity index (χ3n) is 4.31. The number of likely N-dealkylation sites (tertiary alicyclic amines) is 1. The molecule has 1 aromatic carbocycles. The van der Waals surface area contributed by atoms with E-state index in [2.05, 4.69) is 0 Å². The van der Waals surface area contributed by atoms with E-state index in [9.17, 15) is 22.8 Å². The Hall–Kier alpha value is -2.25. The molecule has 138 valence electrons. The molecule has 0 aromatic heterocycles. The second-order valence-electron chi connectivity index (χ2n) is 6.01. The van der Waals surface area contributed by atoms with Crippen LogP contribution in [0.15, 0.2) is 24.3 Å². The highest BCUT2D eigenvalue weighted by Crippen LogP contribution is 2.26. The number of ether oxygens (including phenoxy) is 1. The van der Waals surface area contributed by atoms with Gasteiger partial charge in [0.15, 0.2) is 0 Å². The summed E-state index contributed by atoms with van der Waals surface area (Å²) < 4.78 is 43.0. The van der Waals surface area contributed by atoms with Gasteiger partial charge in [-0.25, -0.2) is 0 Å². The number of hydrogen-bond donors (Lipinski definition) is 0. The number of hydrogen-bond acceptors (Lipinski definition) is 3. The molecule has 5 nitrogen and oxygen atoms in total. The zero-order chi connectivity index (χ0) is 18.6. The molecular weight excluding hydrogens is 337 g/mol. The highest BCUT2D eigenvalue weighted by molar-refractivity contribution is 5.90. The lowest BCUT2D eigenvalue weighted by atomic mass is 10.1. The normalized spacial score (nSPS) is 17.5. The molecule has 0 aliphatic carbocycles. The Morgan fingerprint density at radius 1 is 1.28 bits per heavy atom. The van der Waals surface area contributed by atoms with Gasteiger partial charge in [-0.3, -0.25) is 9.59 Å². The Labute approximate surface area is 144 Å². The van der Waals surface area contributed by atoms with Crippen LogP contribution in [-0.2, 0) is 16.0 Å². The molecule has 0 N–H and O–H groups in total. The van der Waals surface area contributed by atoms with Gasteiger partial charge in [-0.2, -0.15) is 13.2 Å². The fraction of sp³-hybridized carbons (Fsp3) is 0.529. The largest absolute Gasteiger partial charge is 0.497 e. The average Bonchev–Trinajstić information content (AvgIpc) is 3.07. The molecule has 1 aliphatic rings. The van der Waals surface area contributed by atoms with E-state index < -0.39 is 24.0 Å². The molecule has 8 heteroatoms. The molecule has 1 aromatic rings. The summed E-state index contributed by atoms with van der Waals surface area (Å²) >= 11 is 0. The van der Waals surface area contributed by atoms with Gasteiger partial charge >= 0.3 is 12.1 Å². The summed E-state index contributed by atoms with van der Waals surface area (Å²) in [7, 11) is 3.11. The minimum Gasteiger partial charge on any atom is -0.497 e. The van der Waals surface area contributed by atoms with E-state index in [1.165, 1.54) is 4.90 Å². The van der Waals surface area contributed by atoms with Crippen molar-refractivity contribution in [1.82, 2.24) is 9.80 Å². The molecule has 2 amide bonds. The zero-order valence-corrected chi connectivity index (χ0v) is 14.2. The Morgan fingerprint density at radius 3 is 2.48 bits per heavy atom. The van der Waals surface area contributed by atoms with Crippen molar-refractivity contribution in [1.29, 1.82) is 0 Å². The van der Waals surface area contributed by atoms with Crippen molar-refractivity contribution >= 4 is 11.8 Å². The summed E-state index contributed by atoms with van der Waals surface area (Å²) in [6.45, 7) is 0.316. The first-order valence-corrected chi connectivity index (χ1v) is 7.99. The van der Waals surface area contributed by atoms with E-state index >= 15 is 0 Å². The maximum absolute atomic E-state index is 12.6. The SMILES string of the molecule is COc1ccc(CCN(C)C(=O)C2CCCN2C(=O)C(F)(F)F)cc1. The Morgan fingerprint density at radius 2 is 1.92 bits per heavy atom. The average molecular weight is 358 g/mol. The summed E-state index contributed by atoms with van der Waals surface area (Å²) in [5.74, 6) is -1.67. The Balaban J connectivity index is 1.95. The van der Waals surface area contributed by atoms with Crippen molar-refractivity contribution in [2.24, 2.45) is 0 Å². The maximum Gasteiger partial charge on any atom is 0.471 e. The molecule has 2 rings (SSSR count). The second kappa shape index (κ2) is 7.76. The van der Waals surface area contributed by atoms with Crippen LogP contribution >= 0.6 is 0 Å². The van der Waals surface area contributed by atoms with Crippen LogP contribution in [0.1, 0.15) is 18.4 Å². The predicted molar refractivity (Wildman–Crippen MR) is 85.1 cm³/mol. The quantitative estimate of drug-likeness (QED) is 0.811. The molecule has 1 aliphatic heterocycles. The first-order chi connectivity index (χ1) is 11.7. The second-order valence-corrected chi connectivity index (χ2v) is 6.01. The van der Waals surface area contributed by atoms with Gasteiger partial charge in [0.2, 0.25) is 5.91 Å². The van der Waals surface area contributed by atoms with Crippen molar-refractivity contribution in [3.8, 4) is 5.75 Å². The van der Waals surface area contributed by atoms with Gasteiger partial charge in [0, 0.05) is 20.1 Å². The number of halogens is 3. The maximum atomic E-state index is 12.6. The molecule has 0 bridgehead atoms. The van der Waals surface area contributed by atoms with Crippen LogP contribution in [0, 0.1) is 0 Å². The number of carbonyl (C=O) groups excluding carboxylic acids is 2. The lowest BCUT2D eigenvalue weighted by Crippen LogP contribution is -2.50. The molecule has 0 saturated carbocycles. The molecule has 1 fully saturated rings. The van der Waals surface area contributed by atoms with Gasteiger partial charge in [-0.05, 0) is 37.0 Å².